The summed E-state index contributed by atoms with van der Waals surface area (Å²) in [6.45, 7) is 1.22. The van der Waals surface area contributed by atoms with E-state index in [2.05, 4.69) is 21.2 Å². The standard InChI is InChI=1S/C19H15BrN2O4/c1-11(23)26-17-15-13(20)9-6-10-14(15)22(2)19(25)16(17)18(24)21-12-7-4-3-5-8-12/h3-10H,1-2H3,(H,21,24). The summed E-state index contributed by atoms with van der Waals surface area (Å²) in [5.41, 5.74) is 0.281. The van der Waals surface area contributed by atoms with Crippen molar-refractivity contribution in [2.24, 2.45) is 7.05 Å². The summed E-state index contributed by atoms with van der Waals surface area (Å²) in [6.07, 6.45) is 0. The number of aromatic nitrogens is 1. The van der Waals surface area contributed by atoms with E-state index < -0.39 is 17.4 Å². The number of benzene rings is 2. The molecule has 0 fully saturated rings. The Kier molecular flexibility index (Phi) is 4.90. The predicted molar refractivity (Wildman–Crippen MR) is 103 cm³/mol. The zero-order valence-corrected chi connectivity index (χ0v) is 15.7. The minimum atomic E-state index is -0.647. The van der Waals surface area contributed by atoms with E-state index in [4.69, 9.17) is 4.74 Å². The Balaban J connectivity index is 2.28. The Labute approximate surface area is 157 Å². The summed E-state index contributed by atoms with van der Waals surface area (Å²) >= 11 is 3.41. The van der Waals surface area contributed by atoms with Gasteiger partial charge in [-0.2, -0.15) is 0 Å². The topological polar surface area (TPSA) is 77.4 Å². The number of nitrogens with zero attached hydrogens (tertiary/aromatic N) is 1. The summed E-state index contributed by atoms with van der Waals surface area (Å²) in [4.78, 5) is 37.3. The van der Waals surface area contributed by atoms with Gasteiger partial charge in [-0.05, 0) is 40.2 Å². The van der Waals surface area contributed by atoms with Crippen molar-refractivity contribution in [3.8, 4) is 5.75 Å². The molecule has 0 saturated heterocycles. The number of carbonyl (C=O) groups excluding carboxylic acids is 2. The van der Waals surface area contributed by atoms with Crippen LogP contribution in [0.2, 0.25) is 0 Å². The molecule has 0 unspecified atom stereocenters. The lowest BCUT2D eigenvalue weighted by atomic mass is 10.1. The molecule has 0 aliphatic rings. The molecule has 0 bridgehead atoms. The van der Waals surface area contributed by atoms with E-state index in [1.165, 1.54) is 11.5 Å². The number of anilines is 1. The van der Waals surface area contributed by atoms with Gasteiger partial charge in [0.1, 0.15) is 5.56 Å². The summed E-state index contributed by atoms with van der Waals surface area (Å²) in [5, 5.41) is 3.14. The fourth-order valence-corrected chi connectivity index (χ4v) is 3.21. The first-order valence-corrected chi connectivity index (χ1v) is 8.55. The molecule has 6 nitrogen and oxygen atoms in total. The van der Waals surface area contributed by atoms with Crippen LogP contribution in [0, 0.1) is 0 Å². The molecule has 7 heteroatoms. The maximum absolute atomic E-state index is 12.8. The molecule has 1 N–H and O–H groups in total. The SMILES string of the molecule is CC(=O)Oc1c(C(=O)Nc2ccccc2)c(=O)n(C)c2cccc(Br)c12. The largest absolute Gasteiger partial charge is 0.425 e. The number of nitrogens with one attached hydrogen (secondary N) is 1. The molecule has 1 aromatic heterocycles. The van der Waals surface area contributed by atoms with Gasteiger partial charge in [-0.3, -0.25) is 14.4 Å². The van der Waals surface area contributed by atoms with Crippen molar-refractivity contribution in [2.75, 3.05) is 5.32 Å². The quantitative estimate of drug-likeness (QED) is 0.665. The second-order valence-electron chi connectivity index (χ2n) is 5.62. The monoisotopic (exact) mass is 414 g/mol. The Bertz CT molecular complexity index is 1070. The molecule has 3 rings (SSSR count). The number of amides is 1. The van der Waals surface area contributed by atoms with Crippen LogP contribution >= 0.6 is 15.9 Å². The van der Waals surface area contributed by atoms with Crippen LogP contribution in [-0.4, -0.2) is 16.4 Å². The summed E-state index contributed by atoms with van der Waals surface area (Å²) in [5.74, 6) is -1.33. The number of aryl methyl sites for hydroxylation is 1. The predicted octanol–water partition coefficient (Wildman–Crippen LogP) is 3.48. The van der Waals surface area contributed by atoms with Gasteiger partial charge in [-0.1, -0.05) is 24.3 Å². The minimum absolute atomic E-state index is 0.0588. The molecule has 0 saturated carbocycles. The maximum atomic E-state index is 12.8. The van der Waals surface area contributed by atoms with Crippen LogP contribution in [-0.2, 0) is 11.8 Å². The van der Waals surface area contributed by atoms with Crippen LogP contribution in [0.1, 0.15) is 17.3 Å². The van der Waals surface area contributed by atoms with Crippen molar-refractivity contribution in [3.05, 3.63) is 68.9 Å². The minimum Gasteiger partial charge on any atom is -0.425 e. The Morgan fingerprint density at radius 1 is 1.08 bits per heavy atom. The molecule has 0 aliphatic heterocycles. The number of fused-ring (bicyclic) bond motifs is 1. The zero-order chi connectivity index (χ0) is 18.8. The fourth-order valence-electron chi connectivity index (χ4n) is 2.68. The van der Waals surface area contributed by atoms with Gasteiger partial charge < -0.3 is 14.6 Å². The molecular weight excluding hydrogens is 400 g/mol. The molecule has 0 spiro atoms. The molecule has 3 aromatic rings. The highest BCUT2D eigenvalue weighted by molar-refractivity contribution is 9.10. The molecule has 1 amide bonds. The van der Waals surface area contributed by atoms with Crippen molar-refractivity contribution in [2.45, 2.75) is 6.92 Å². The Morgan fingerprint density at radius 2 is 1.77 bits per heavy atom. The van der Waals surface area contributed by atoms with Crippen LogP contribution in [0.5, 0.6) is 5.75 Å². The molecule has 0 aliphatic carbocycles. The molecule has 1 heterocycles. The van der Waals surface area contributed by atoms with Gasteiger partial charge in [0, 0.05) is 24.1 Å². The summed E-state index contributed by atoms with van der Waals surface area (Å²) in [6, 6.07) is 14.0. The Hall–Kier alpha value is -2.93. The van der Waals surface area contributed by atoms with Gasteiger partial charge in [0.2, 0.25) is 0 Å². The van der Waals surface area contributed by atoms with E-state index in [0.29, 0.717) is 21.1 Å². The zero-order valence-electron chi connectivity index (χ0n) is 14.1. The Morgan fingerprint density at radius 3 is 2.42 bits per heavy atom. The molecular formula is C19H15BrN2O4. The number of esters is 1. The van der Waals surface area contributed by atoms with Gasteiger partial charge in [0.25, 0.3) is 11.5 Å². The third kappa shape index (κ3) is 3.25. The van der Waals surface area contributed by atoms with Crippen molar-refractivity contribution in [3.63, 3.8) is 0 Å². The van der Waals surface area contributed by atoms with Crippen LogP contribution in [0.4, 0.5) is 5.69 Å². The average molecular weight is 415 g/mol. The highest BCUT2D eigenvalue weighted by atomic mass is 79.9. The first-order valence-electron chi connectivity index (χ1n) is 7.76. The van der Waals surface area contributed by atoms with Crippen LogP contribution in [0.3, 0.4) is 0 Å². The first kappa shape index (κ1) is 17.9. The second-order valence-corrected chi connectivity index (χ2v) is 6.47. The van der Waals surface area contributed by atoms with Crippen molar-refractivity contribution in [1.82, 2.24) is 4.57 Å². The van der Waals surface area contributed by atoms with Crippen molar-refractivity contribution >= 4 is 44.4 Å². The second kappa shape index (κ2) is 7.13. The van der Waals surface area contributed by atoms with Crippen molar-refractivity contribution in [1.29, 1.82) is 0 Å². The maximum Gasteiger partial charge on any atom is 0.308 e. The van der Waals surface area contributed by atoms with Crippen LogP contribution < -0.4 is 15.6 Å². The van der Waals surface area contributed by atoms with Gasteiger partial charge in [0.05, 0.1) is 10.9 Å². The smallest absolute Gasteiger partial charge is 0.308 e. The van der Waals surface area contributed by atoms with Gasteiger partial charge in [0.15, 0.2) is 5.75 Å². The first-order chi connectivity index (χ1) is 12.4. The number of hydrogen-bond acceptors (Lipinski definition) is 4. The fraction of sp³-hybridized carbons (Fsp3) is 0.105. The van der Waals surface area contributed by atoms with E-state index in [1.807, 2.05) is 6.07 Å². The molecule has 132 valence electrons. The van der Waals surface area contributed by atoms with E-state index in [1.54, 1.807) is 49.5 Å². The lowest BCUT2D eigenvalue weighted by Crippen LogP contribution is -2.29. The lowest BCUT2D eigenvalue weighted by Gasteiger charge is -2.15. The number of rotatable bonds is 3. The van der Waals surface area contributed by atoms with Crippen LogP contribution in [0.15, 0.2) is 57.8 Å². The average Bonchev–Trinajstić information content (AvgIpc) is 2.60. The molecule has 0 atom stereocenters. The van der Waals surface area contributed by atoms with E-state index in [0.717, 1.165) is 0 Å². The normalized spacial score (nSPS) is 10.6. The van der Waals surface area contributed by atoms with E-state index in [-0.39, 0.29) is 11.3 Å². The van der Waals surface area contributed by atoms with Crippen LogP contribution in [0.25, 0.3) is 10.9 Å². The summed E-state index contributed by atoms with van der Waals surface area (Å²) in [7, 11) is 1.56. The van der Waals surface area contributed by atoms with E-state index in [9.17, 15) is 14.4 Å². The highest BCUT2D eigenvalue weighted by Crippen LogP contribution is 2.34. The molecule has 2 aromatic carbocycles. The third-order valence-electron chi connectivity index (χ3n) is 3.83. The highest BCUT2D eigenvalue weighted by Gasteiger charge is 2.25. The molecule has 26 heavy (non-hydrogen) atoms. The number of ether oxygens (including phenoxy) is 1. The number of para-hydroxylation sites is 1. The summed E-state index contributed by atoms with van der Waals surface area (Å²) < 4.78 is 7.25. The molecule has 0 radical (unpaired) electrons. The number of hydrogen-bond donors (Lipinski definition) is 1. The number of carbonyl (C=O) groups is 2. The number of pyridine rings is 1. The van der Waals surface area contributed by atoms with Gasteiger partial charge in [-0.25, -0.2) is 0 Å². The van der Waals surface area contributed by atoms with Gasteiger partial charge >= 0.3 is 5.97 Å². The van der Waals surface area contributed by atoms with Crippen molar-refractivity contribution < 1.29 is 14.3 Å². The van der Waals surface area contributed by atoms with E-state index >= 15 is 0 Å². The van der Waals surface area contributed by atoms with Gasteiger partial charge in [-0.15, -0.1) is 0 Å². The lowest BCUT2D eigenvalue weighted by molar-refractivity contribution is -0.131. The third-order valence-corrected chi connectivity index (χ3v) is 4.49. The number of halogens is 1.